The maximum Gasteiger partial charge on any atom is 0.350 e. The highest BCUT2D eigenvalue weighted by molar-refractivity contribution is 7.21. The van der Waals surface area contributed by atoms with Gasteiger partial charge in [-0.15, -0.1) is 11.3 Å². The van der Waals surface area contributed by atoms with Crippen LogP contribution >= 0.6 is 22.9 Å². The van der Waals surface area contributed by atoms with Crippen LogP contribution in [-0.4, -0.2) is 30.4 Å². The number of aromatic nitrogens is 1. The van der Waals surface area contributed by atoms with Gasteiger partial charge in [-0.2, -0.15) is 5.26 Å². The van der Waals surface area contributed by atoms with Gasteiger partial charge in [-0.3, -0.25) is 4.90 Å². The zero-order chi connectivity index (χ0) is 21.0. The van der Waals surface area contributed by atoms with Gasteiger partial charge in [0.05, 0.1) is 34.0 Å². The third-order valence-corrected chi connectivity index (χ3v) is 6.00. The Hall–Kier alpha value is -3.55. The molecule has 30 heavy (non-hydrogen) atoms. The molecule has 9 nitrogen and oxygen atoms in total. The molecule has 0 fully saturated rings. The fraction of sp³-hybridized carbons (Fsp3) is 0.158. The summed E-state index contributed by atoms with van der Waals surface area (Å²) < 4.78 is 16.1. The van der Waals surface area contributed by atoms with Gasteiger partial charge in [0.2, 0.25) is 6.79 Å². The van der Waals surface area contributed by atoms with Crippen LogP contribution in [0.3, 0.4) is 0 Å². The van der Waals surface area contributed by atoms with Gasteiger partial charge in [0.1, 0.15) is 21.5 Å². The predicted molar refractivity (Wildman–Crippen MR) is 109 cm³/mol. The summed E-state index contributed by atoms with van der Waals surface area (Å²) >= 11 is 7.51. The minimum Gasteiger partial charge on any atom is -0.462 e. The molecule has 0 radical (unpaired) electrons. The normalized spacial score (nSPS) is 13.9. The van der Waals surface area contributed by atoms with Gasteiger partial charge in [-0.1, -0.05) is 11.6 Å². The number of nitrogens with zero attached hydrogens (tertiary/aromatic N) is 3. The Labute approximate surface area is 178 Å². The number of nitriles is 1. The molecule has 4 heterocycles. The lowest BCUT2D eigenvalue weighted by Crippen LogP contribution is -2.35. The highest BCUT2D eigenvalue weighted by atomic mass is 35.5. The highest BCUT2D eigenvalue weighted by Gasteiger charge is 2.38. The Morgan fingerprint density at radius 2 is 2.27 bits per heavy atom. The van der Waals surface area contributed by atoms with E-state index in [9.17, 15) is 14.9 Å². The first-order valence-corrected chi connectivity index (χ1v) is 9.96. The monoisotopic (exact) mass is 442 g/mol. The quantitative estimate of drug-likeness (QED) is 0.597. The molecule has 0 aliphatic carbocycles. The number of carbonyl (C=O) groups excluding carboxylic acids is 2. The second-order valence-corrected chi connectivity index (χ2v) is 7.64. The summed E-state index contributed by atoms with van der Waals surface area (Å²) in [5.41, 5.74) is 0.899. The van der Waals surface area contributed by atoms with Crippen molar-refractivity contribution in [2.75, 3.05) is 23.6 Å². The second kappa shape index (κ2) is 6.76. The van der Waals surface area contributed by atoms with Crippen molar-refractivity contribution in [2.24, 2.45) is 0 Å². The van der Waals surface area contributed by atoms with Crippen LogP contribution in [0.5, 0.6) is 11.5 Å². The third kappa shape index (κ3) is 2.49. The number of halogens is 1. The number of benzene rings is 1. The third-order valence-electron chi connectivity index (χ3n) is 4.62. The van der Waals surface area contributed by atoms with E-state index in [0.717, 1.165) is 11.3 Å². The Kier molecular flexibility index (Phi) is 4.16. The van der Waals surface area contributed by atoms with Crippen LogP contribution in [0.25, 0.3) is 10.2 Å². The van der Waals surface area contributed by atoms with Crippen LogP contribution in [0.2, 0.25) is 5.02 Å². The number of hydrogen-bond donors (Lipinski definition) is 1. The molecule has 0 atom stereocenters. The first-order valence-electron chi connectivity index (χ1n) is 8.77. The maximum atomic E-state index is 13.2. The van der Waals surface area contributed by atoms with Crippen molar-refractivity contribution in [1.29, 1.82) is 5.26 Å². The number of nitrogens with one attached hydrogen (secondary N) is 1. The number of anilines is 3. The van der Waals surface area contributed by atoms with Gasteiger partial charge < -0.3 is 19.5 Å². The molecule has 0 spiro atoms. The minimum absolute atomic E-state index is 0.0221. The van der Waals surface area contributed by atoms with Crippen molar-refractivity contribution in [3.63, 3.8) is 0 Å². The van der Waals surface area contributed by atoms with Crippen molar-refractivity contribution in [1.82, 2.24) is 4.98 Å². The molecule has 150 valence electrons. The Balaban J connectivity index is 1.83. The summed E-state index contributed by atoms with van der Waals surface area (Å²) in [6.45, 7) is 1.85. The van der Waals surface area contributed by atoms with Crippen LogP contribution in [0.1, 0.15) is 22.2 Å². The van der Waals surface area contributed by atoms with Gasteiger partial charge in [0.25, 0.3) is 0 Å². The molecule has 11 heteroatoms. The Morgan fingerprint density at radius 3 is 3.03 bits per heavy atom. The van der Waals surface area contributed by atoms with E-state index in [1.807, 2.05) is 0 Å². The van der Waals surface area contributed by atoms with Crippen LogP contribution in [0.15, 0.2) is 18.3 Å². The van der Waals surface area contributed by atoms with Crippen molar-refractivity contribution in [3.05, 3.63) is 33.8 Å². The number of carbonyl (C=O) groups is 2. The number of amides is 2. The standard InChI is InChI=1S/C19H11ClN4O5S/c1-2-27-18(25)16-12-11-13(8(5-21)6-22-17(11)30-16)24(19(26)23-12)14-9(20)3-4-10-15(14)29-7-28-10/h3-4,6H,2,7H2,1H3,(H,23,26). The number of esters is 1. The molecule has 1 aromatic carbocycles. The number of fused-ring (bicyclic) bond motifs is 1. The van der Waals surface area contributed by atoms with Crippen molar-refractivity contribution >= 4 is 62.2 Å². The second-order valence-electron chi connectivity index (χ2n) is 6.23. The SMILES string of the molecule is CCOC(=O)c1sc2ncc(C#N)c3c2c1NC(=O)N3c1c(Cl)ccc2c1OCO2. The number of thiophene rings is 1. The lowest BCUT2D eigenvalue weighted by molar-refractivity contribution is 0.0533. The van der Waals surface area contributed by atoms with E-state index in [1.54, 1.807) is 19.1 Å². The molecule has 2 aromatic heterocycles. The van der Waals surface area contributed by atoms with E-state index in [-0.39, 0.29) is 51.7 Å². The van der Waals surface area contributed by atoms with Gasteiger partial charge in [-0.05, 0) is 19.1 Å². The average Bonchev–Trinajstić information content (AvgIpc) is 3.35. The van der Waals surface area contributed by atoms with Crippen molar-refractivity contribution in [3.8, 4) is 17.6 Å². The summed E-state index contributed by atoms with van der Waals surface area (Å²) in [5.74, 6) is 0.134. The van der Waals surface area contributed by atoms with Crippen LogP contribution in [0.4, 0.5) is 21.9 Å². The van der Waals surface area contributed by atoms with Crippen LogP contribution in [-0.2, 0) is 4.74 Å². The highest BCUT2D eigenvalue weighted by Crippen LogP contribution is 2.53. The van der Waals surface area contributed by atoms with E-state index >= 15 is 0 Å². The number of pyridine rings is 1. The number of urea groups is 1. The first kappa shape index (κ1) is 18.5. The summed E-state index contributed by atoms with van der Waals surface area (Å²) in [6.07, 6.45) is 1.35. The van der Waals surface area contributed by atoms with Gasteiger partial charge >= 0.3 is 12.0 Å². The first-order chi connectivity index (χ1) is 14.5. The molecule has 3 aromatic rings. The molecule has 0 bridgehead atoms. The molecular weight excluding hydrogens is 432 g/mol. The lowest BCUT2D eigenvalue weighted by atomic mass is 10.1. The Morgan fingerprint density at radius 1 is 1.43 bits per heavy atom. The zero-order valence-electron chi connectivity index (χ0n) is 15.3. The van der Waals surface area contributed by atoms with Gasteiger partial charge in [0.15, 0.2) is 11.5 Å². The molecule has 0 unspecified atom stereocenters. The van der Waals surface area contributed by atoms with E-state index in [4.69, 9.17) is 25.8 Å². The largest absolute Gasteiger partial charge is 0.462 e. The van der Waals surface area contributed by atoms with Crippen LogP contribution < -0.4 is 19.7 Å². The number of rotatable bonds is 3. The molecule has 2 aliphatic heterocycles. The molecule has 0 saturated carbocycles. The molecule has 1 N–H and O–H groups in total. The number of hydrogen-bond acceptors (Lipinski definition) is 8. The van der Waals surface area contributed by atoms with Crippen molar-refractivity contribution in [2.45, 2.75) is 6.92 Å². The summed E-state index contributed by atoms with van der Waals surface area (Å²) in [5, 5.41) is 13.1. The van der Waals surface area contributed by atoms with Gasteiger partial charge in [-0.25, -0.2) is 14.6 Å². The smallest absolute Gasteiger partial charge is 0.350 e. The van der Waals surface area contributed by atoms with E-state index in [2.05, 4.69) is 16.4 Å². The summed E-state index contributed by atoms with van der Waals surface area (Å²) in [6, 6.07) is 4.67. The summed E-state index contributed by atoms with van der Waals surface area (Å²) in [4.78, 5) is 31.9. The van der Waals surface area contributed by atoms with E-state index in [1.165, 1.54) is 11.1 Å². The van der Waals surface area contributed by atoms with E-state index in [0.29, 0.717) is 16.0 Å². The maximum absolute atomic E-state index is 13.2. The zero-order valence-corrected chi connectivity index (χ0v) is 16.9. The Bertz CT molecular complexity index is 1300. The van der Waals surface area contributed by atoms with Crippen LogP contribution in [0, 0.1) is 11.3 Å². The molecular formula is C19H11ClN4O5S. The lowest BCUT2D eigenvalue weighted by Gasteiger charge is -2.30. The fourth-order valence-corrected chi connectivity index (χ4v) is 4.67. The van der Waals surface area contributed by atoms with Gasteiger partial charge in [0, 0.05) is 6.20 Å². The molecule has 2 aliphatic rings. The molecule has 0 saturated heterocycles. The topological polar surface area (TPSA) is 114 Å². The fourth-order valence-electron chi connectivity index (χ4n) is 3.44. The minimum atomic E-state index is -0.610. The summed E-state index contributed by atoms with van der Waals surface area (Å²) in [7, 11) is 0. The molecule has 2 amide bonds. The average molecular weight is 443 g/mol. The van der Waals surface area contributed by atoms with E-state index < -0.39 is 12.0 Å². The molecule has 5 rings (SSSR count). The van der Waals surface area contributed by atoms with Crippen molar-refractivity contribution < 1.29 is 23.8 Å². The predicted octanol–water partition coefficient (Wildman–Crippen LogP) is 4.41. The number of ether oxygens (including phenoxy) is 3.